The SMILES string of the molecule is COc1cccc(N(C)c2ncnc(N)c2C)c1. The average Bonchev–Trinajstić information content (AvgIpc) is 2.41. The molecule has 0 aliphatic rings. The minimum atomic E-state index is 0.495. The van der Waals surface area contributed by atoms with Gasteiger partial charge in [0.15, 0.2) is 0 Å². The van der Waals surface area contributed by atoms with E-state index in [-0.39, 0.29) is 0 Å². The third kappa shape index (κ3) is 2.20. The summed E-state index contributed by atoms with van der Waals surface area (Å²) in [6.45, 7) is 1.90. The van der Waals surface area contributed by atoms with E-state index in [2.05, 4.69) is 9.97 Å². The zero-order chi connectivity index (χ0) is 13.1. The van der Waals surface area contributed by atoms with Gasteiger partial charge in [-0.3, -0.25) is 0 Å². The highest BCUT2D eigenvalue weighted by atomic mass is 16.5. The molecule has 0 saturated heterocycles. The molecule has 0 atom stereocenters. The molecule has 2 rings (SSSR count). The molecule has 0 spiro atoms. The molecule has 0 aliphatic carbocycles. The molecule has 1 heterocycles. The summed E-state index contributed by atoms with van der Waals surface area (Å²) in [4.78, 5) is 10.2. The van der Waals surface area contributed by atoms with Gasteiger partial charge in [0.25, 0.3) is 0 Å². The van der Waals surface area contributed by atoms with Gasteiger partial charge in [-0.15, -0.1) is 0 Å². The summed E-state index contributed by atoms with van der Waals surface area (Å²) < 4.78 is 5.21. The van der Waals surface area contributed by atoms with Crippen LogP contribution in [0.1, 0.15) is 5.56 Å². The Morgan fingerprint density at radius 1 is 1.28 bits per heavy atom. The van der Waals surface area contributed by atoms with Gasteiger partial charge in [-0.2, -0.15) is 0 Å². The Morgan fingerprint density at radius 2 is 2.06 bits per heavy atom. The smallest absolute Gasteiger partial charge is 0.141 e. The molecule has 18 heavy (non-hydrogen) atoms. The molecule has 0 bridgehead atoms. The fourth-order valence-corrected chi connectivity index (χ4v) is 1.73. The van der Waals surface area contributed by atoms with Gasteiger partial charge in [-0.1, -0.05) is 6.07 Å². The van der Waals surface area contributed by atoms with Crippen molar-refractivity contribution in [3.8, 4) is 5.75 Å². The van der Waals surface area contributed by atoms with Crippen LogP contribution < -0.4 is 15.4 Å². The predicted octanol–water partition coefficient (Wildman–Crippen LogP) is 2.14. The highest BCUT2D eigenvalue weighted by Crippen LogP contribution is 2.28. The summed E-state index contributed by atoms with van der Waals surface area (Å²) in [5.41, 5.74) is 7.64. The van der Waals surface area contributed by atoms with Gasteiger partial charge in [-0.05, 0) is 19.1 Å². The van der Waals surface area contributed by atoms with Crippen molar-refractivity contribution in [1.82, 2.24) is 9.97 Å². The van der Waals surface area contributed by atoms with E-state index in [0.717, 1.165) is 22.8 Å². The molecular weight excluding hydrogens is 228 g/mol. The summed E-state index contributed by atoms with van der Waals surface area (Å²) in [5, 5.41) is 0. The summed E-state index contributed by atoms with van der Waals surface area (Å²) >= 11 is 0. The Kier molecular flexibility index (Phi) is 3.32. The van der Waals surface area contributed by atoms with E-state index in [1.807, 2.05) is 43.1 Å². The first kappa shape index (κ1) is 12.2. The molecule has 0 fully saturated rings. The van der Waals surface area contributed by atoms with E-state index in [1.54, 1.807) is 7.11 Å². The van der Waals surface area contributed by atoms with Crippen molar-refractivity contribution >= 4 is 17.3 Å². The number of nitrogens with two attached hydrogens (primary N) is 1. The second kappa shape index (κ2) is 4.91. The molecule has 1 aromatic carbocycles. The van der Waals surface area contributed by atoms with Crippen LogP contribution >= 0.6 is 0 Å². The normalized spacial score (nSPS) is 10.2. The second-order valence-electron chi connectivity index (χ2n) is 3.97. The maximum Gasteiger partial charge on any atom is 0.141 e. The molecule has 0 saturated carbocycles. The van der Waals surface area contributed by atoms with Crippen molar-refractivity contribution in [3.63, 3.8) is 0 Å². The van der Waals surface area contributed by atoms with E-state index in [4.69, 9.17) is 10.5 Å². The van der Waals surface area contributed by atoms with Crippen molar-refractivity contribution in [2.45, 2.75) is 6.92 Å². The number of ether oxygens (including phenoxy) is 1. The van der Waals surface area contributed by atoms with Crippen LogP contribution in [0.25, 0.3) is 0 Å². The lowest BCUT2D eigenvalue weighted by Crippen LogP contribution is -2.14. The van der Waals surface area contributed by atoms with Crippen molar-refractivity contribution in [2.75, 3.05) is 24.8 Å². The molecule has 5 heteroatoms. The Bertz CT molecular complexity index is 556. The van der Waals surface area contributed by atoms with E-state index >= 15 is 0 Å². The van der Waals surface area contributed by atoms with Crippen LogP contribution in [0.5, 0.6) is 5.75 Å². The maximum atomic E-state index is 5.79. The Labute approximate surface area is 106 Å². The molecule has 94 valence electrons. The van der Waals surface area contributed by atoms with Gasteiger partial charge in [-0.25, -0.2) is 9.97 Å². The van der Waals surface area contributed by atoms with Crippen molar-refractivity contribution in [1.29, 1.82) is 0 Å². The van der Waals surface area contributed by atoms with Gasteiger partial charge in [0.2, 0.25) is 0 Å². The molecule has 1 aromatic heterocycles. The number of rotatable bonds is 3. The number of methoxy groups -OCH3 is 1. The predicted molar refractivity (Wildman–Crippen MR) is 72.2 cm³/mol. The van der Waals surface area contributed by atoms with Gasteiger partial charge in [0.1, 0.15) is 23.7 Å². The number of nitrogen functional groups attached to an aromatic ring is 1. The number of anilines is 3. The largest absolute Gasteiger partial charge is 0.497 e. The molecule has 2 aromatic rings. The third-order valence-electron chi connectivity index (χ3n) is 2.85. The monoisotopic (exact) mass is 244 g/mol. The first-order valence-electron chi connectivity index (χ1n) is 5.58. The van der Waals surface area contributed by atoms with Crippen LogP contribution in [-0.2, 0) is 0 Å². The maximum absolute atomic E-state index is 5.79. The van der Waals surface area contributed by atoms with Crippen LogP contribution in [0, 0.1) is 6.92 Å². The number of nitrogens with zero attached hydrogens (tertiary/aromatic N) is 3. The standard InChI is InChI=1S/C13H16N4O/c1-9-12(14)15-8-16-13(9)17(2)10-5-4-6-11(7-10)18-3/h4-8H,1-3H3,(H2,14,15,16). The van der Waals surface area contributed by atoms with Crippen LogP contribution in [0.2, 0.25) is 0 Å². The highest BCUT2D eigenvalue weighted by Gasteiger charge is 2.11. The Balaban J connectivity index is 2.41. The fourth-order valence-electron chi connectivity index (χ4n) is 1.73. The highest BCUT2D eigenvalue weighted by molar-refractivity contribution is 5.66. The van der Waals surface area contributed by atoms with Gasteiger partial charge in [0.05, 0.1) is 7.11 Å². The van der Waals surface area contributed by atoms with Crippen molar-refractivity contribution in [2.24, 2.45) is 0 Å². The zero-order valence-electron chi connectivity index (χ0n) is 10.7. The average molecular weight is 244 g/mol. The summed E-state index contributed by atoms with van der Waals surface area (Å²) in [6.07, 6.45) is 1.47. The van der Waals surface area contributed by atoms with E-state index in [0.29, 0.717) is 5.82 Å². The first-order chi connectivity index (χ1) is 8.63. The van der Waals surface area contributed by atoms with Crippen molar-refractivity contribution < 1.29 is 4.74 Å². The number of benzene rings is 1. The van der Waals surface area contributed by atoms with Crippen LogP contribution in [0.15, 0.2) is 30.6 Å². The zero-order valence-corrected chi connectivity index (χ0v) is 10.7. The lowest BCUT2D eigenvalue weighted by molar-refractivity contribution is 0.415. The lowest BCUT2D eigenvalue weighted by atomic mass is 10.2. The number of hydrogen-bond acceptors (Lipinski definition) is 5. The van der Waals surface area contributed by atoms with E-state index in [9.17, 15) is 0 Å². The molecular formula is C13H16N4O. The molecule has 0 radical (unpaired) electrons. The first-order valence-corrected chi connectivity index (χ1v) is 5.58. The minimum Gasteiger partial charge on any atom is -0.497 e. The fraction of sp³-hybridized carbons (Fsp3) is 0.231. The molecule has 2 N–H and O–H groups in total. The van der Waals surface area contributed by atoms with E-state index in [1.165, 1.54) is 6.33 Å². The second-order valence-corrected chi connectivity index (χ2v) is 3.97. The number of hydrogen-bond donors (Lipinski definition) is 1. The van der Waals surface area contributed by atoms with Gasteiger partial charge >= 0.3 is 0 Å². The van der Waals surface area contributed by atoms with E-state index < -0.39 is 0 Å². The minimum absolute atomic E-state index is 0.495. The van der Waals surface area contributed by atoms with Gasteiger partial charge < -0.3 is 15.4 Å². The summed E-state index contributed by atoms with van der Waals surface area (Å²) in [5.74, 6) is 2.09. The quantitative estimate of drug-likeness (QED) is 0.896. The Hall–Kier alpha value is -2.30. The topological polar surface area (TPSA) is 64.3 Å². The summed E-state index contributed by atoms with van der Waals surface area (Å²) in [7, 11) is 3.58. The molecule has 0 amide bonds. The number of aromatic nitrogens is 2. The third-order valence-corrected chi connectivity index (χ3v) is 2.85. The van der Waals surface area contributed by atoms with Crippen LogP contribution in [0.4, 0.5) is 17.3 Å². The van der Waals surface area contributed by atoms with Crippen LogP contribution in [-0.4, -0.2) is 24.1 Å². The summed E-state index contributed by atoms with van der Waals surface area (Å²) in [6, 6.07) is 7.76. The lowest BCUT2D eigenvalue weighted by Gasteiger charge is -2.20. The van der Waals surface area contributed by atoms with Crippen LogP contribution in [0.3, 0.4) is 0 Å². The molecule has 5 nitrogen and oxygen atoms in total. The molecule has 0 aliphatic heterocycles. The van der Waals surface area contributed by atoms with Gasteiger partial charge in [0, 0.05) is 24.4 Å². The Morgan fingerprint density at radius 3 is 2.78 bits per heavy atom. The molecule has 0 unspecified atom stereocenters. The van der Waals surface area contributed by atoms with Crippen molar-refractivity contribution in [3.05, 3.63) is 36.2 Å².